The molecule has 0 radical (unpaired) electrons. The first kappa shape index (κ1) is 13.8. The largest absolute Gasteiger partial charge is 0.341 e. The third-order valence-electron chi connectivity index (χ3n) is 5.25. The lowest BCUT2D eigenvalue weighted by molar-refractivity contribution is 0.141. The monoisotopic (exact) mass is 307 g/mol. The lowest BCUT2D eigenvalue weighted by Crippen LogP contribution is -2.47. The van der Waals surface area contributed by atoms with E-state index in [1.807, 2.05) is 0 Å². The predicted octanol–water partition coefficient (Wildman–Crippen LogP) is 2.73. The third kappa shape index (κ3) is 2.75. The summed E-state index contributed by atoms with van der Waals surface area (Å²) in [5.41, 5.74) is 0. The van der Waals surface area contributed by atoms with Crippen molar-refractivity contribution in [1.29, 1.82) is 0 Å². The molecular weight excluding hydrogens is 282 g/mol. The predicted molar refractivity (Wildman–Crippen MR) is 86.3 cm³/mol. The van der Waals surface area contributed by atoms with Crippen LogP contribution in [0.4, 0.5) is 5.95 Å². The van der Waals surface area contributed by atoms with Crippen LogP contribution in [0, 0.1) is 4.77 Å². The van der Waals surface area contributed by atoms with Crippen molar-refractivity contribution in [3.05, 3.63) is 4.77 Å². The second-order valence-electron chi connectivity index (χ2n) is 6.74. The molecule has 3 aliphatic rings. The molecule has 6 heteroatoms. The number of aromatic amines is 1. The Morgan fingerprint density at radius 3 is 2.29 bits per heavy atom. The van der Waals surface area contributed by atoms with Gasteiger partial charge in [0.25, 0.3) is 0 Å². The van der Waals surface area contributed by atoms with Gasteiger partial charge in [-0.05, 0) is 63.8 Å². The molecule has 2 aliphatic heterocycles. The summed E-state index contributed by atoms with van der Waals surface area (Å²) in [7, 11) is 0. The van der Waals surface area contributed by atoms with E-state index in [1.165, 1.54) is 58.0 Å². The van der Waals surface area contributed by atoms with Crippen LogP contribution < -0.4 is 4.90 Å². The van der Waals surface area contributed by atoms with Gasteiger partial charge in [-0.15, -0.1) is 5.10 Å². The van der Waals surface area contributed by atoms with E-state index < -0.39 is 0 Å². The summed E-state index contributed by atoms with van der Waals surface area (Å²) in [6.45, 7) is 4.86. The lowest BCUT2D eigenvalue weighted by atomic mass is 10.0. The summed E-state index contributed by atoms with van der Waals surface area (Å²) in [4.78, 5) is 5.16. The first-order valence-corrected chi connectivity index (χ1v) is 8.89. The third-order valence-corrected chi connectivity index (χ3v) is 5.54. The number of anilines is 1. The van der Waals surface area contributed by atoms with Crippen LogP contribution in [0.2, 0.25) is 0 Å². The van der Waals surface area contributed by atoms with E-state index >= 15 is 0 Å². The van der Waals surface area contributed by atoms with Crippen LogP contribution >= 0.6 is 12.2 Å². The van der Waals surface area contributed by atoms with E-state index in [0.717, 1.165) is 29.9 Å². The van der Waals surface area contributed by atoms with Crippen molar-refractivity contribution in [1.82, 2.24) is 19.7 Å². The van der Waals surface area contributed by atoms with E-state index in [1.54, 1.807) is 0 Å². The number of piperidine rings is 2. The molecule has 3 heterocycles. The van der Waals surface area contributed by atoms with Crippen LogP contribution in [0.3, 0.4) is 0 Å². The van der Waals surface area contributed by atoms with Crippen molar-refractivity contribution in [2.75, 3.05) is 31.1 Å². The zero-order valence-corrected chi connectivity index (χ0v) is 13.4. The SMILES string of the molecule is S=c1[nH]nc(N2CCC(N3CCCCC3)CC2)n1C1CC1. The van der Waals surface area contributed by atoms with Gasteiger partial charge in [0.2, 0.25) is 5.95 Å². The molecule has 0 unspecified atom stereocenters. The molecule has 4 rings (SSSR count). The standard InChI is InChI=1S/C15H25N5S/c21-15-17-16-14(20(15)13-4-5-13)19-10-6-12(7-11-19)18-8-2-1-3-9-18/h12-13H,1-11H2,(H,17,21). The van der Waals surface area contributed by atoms with Gasteiger partial charge in [-0.3, -0.25) is 4.57 Å². The molecule has 1 aromatic heterocycles. The Hall–Kier alpha value is -0.880. The van der Waals surface area contributed by atoms with Gasteiger partial charge in [0.05, 0.1) is 0 Å². The van der Waals surface area contributed by atoms with Gasteiger partial charge in [-0.2, -0.15) is 0 Å². The van der Waals surface area contributed by atoms with E-state index in [2.05, 4.69) is 24.6 Å². The minimum Gasteiger partial charge on any atom is -0.341 e. The van der Waals surface area contributed by atoms with Crippen LogP contribution in [0.15, 0.2) is 0 Å². The number of nitrogens with zero attached hydrogens (tertiary/aromatic N) is 4. The van der Waals surface area contributed by atoms with E-state index in [0.29, 0.717) is 6.04 Å². The number of H-pyrrole nitrogens is 1. The quantitative estimate of drug-likeness (QED) is 0.872. The molecule has 116 valence electrons. The maximum Gasteiger partial charge on any atom is 0.225 e. The van der Waals surface area contributed by atoms with Crippen molar-refractivity contribution in [2.45, 2.75) is 57.0 Å². The number of rotatable bonds is 3. The molecule has 1 N–H and O–H groups in total. The highest BCUT2D eigenvalue weighted by atomic mass is 32.1. The van der Waals surface area contributed by atoms with Gasteiger partial charge < -0.3 is 9.80 Å². The molecule has 0 spiro atoms. The average Bonchev–Trinajstić information content (AvgIpc) is 3.31. The fourth-order valence-corrected chi connectivity index (χ4v) is 4.17. The van der Waals surface area contributed by atoms with Gasteiger partial charge in [-0.25, -0.2) is 5.10 Å². The van der Waals surface area contributed by atoms with Crippen LogP contribution in [0.25, 0.3) is 0 Å². The highest BCUT2D eigenvalue weighted by Crippen LogP contribution is 2.38. The number of hydrogen-bond acceptors (Lipinski definition) is 4. The number of aromatic nitrogens is 3. The second kappa shape index (κ2) is 5.72. The average molecular weight is 307 g/mol. The van der Waals surface area contributed by atoms with Crippen molar-refractivity contribution in [3.8, 4) is 0 Å². The first-order valence-electron chi connectivity index (χ1n) is 8.49. The summed E-state index contributed by atoms with van der Waals surface area (Å²) in [6, 6.07) is 1.39. The molecule has 0 atom stereocenters. The Bertz CT molecular complexity index is 533. The van der Waals surface area contributed by atoms with Crippen molar-refractivity contribution in [3.63, 3.8) is 0 Å². The van der Waals surface area contributed by atoms with Gasteiger partial charge in [0.15, 0.2) is 4.77 Å². The minimum absolute atomic E-state index is 0.603. The minimum atomic E-state index is 0.603. The molecule has 3 fully saturated rings. The Labute approximate surface area is 131 Å². The fourth-order valence-electron chi connectivity index (χ4n) is 3.90. The first-order chi connectivity index (χ1) is 10.3. The highest BCUT2D eigenvalue weighted by Gasteiger charge is 2.32. The molecule has 0 amide bonds. The van der Waals surface area contributed by atoms with E-state index in [4.69, 9.17) is 12.2 Å². The maximum atomic E-state index is 5.39. The van der Waals surface area contributed by atoms with Crippen LogP contribution in [0.1, 0.15) is 51.0 Å². The summed E-state index contributed by atoms with van der Waals surface area (Å²) < 4.78 is 3.04. The number of nitrogens with one attached hydrogen (secondary N) is 1. The molecule has 2 saturated heterocycles. The van der Waals surface area contributed by atoms with E-state index in [-0.39, 0.29) is 0 Å². The molecular formula is C15H25N5S. The Kier molecular flexibility index (Phi) is 3.75. The maximum absolute atomic E-state index is 5.39. The number of likely N-dealkylation sites (tertiary alicyclic amines) is 1. The van der Waals surface area contributed by atoms with Crippen LogP contribution in [-0.2, 0) is 0 Å². The molecule has 1 saturated carbocycles. The van der Waals surface area contributed by atoms with Crippen molar-refractivity contribution < 1.29 is 0 Å². The topological polar surface area (TPSA) is 40.1 Å². The molecule has 0 bridgehead atoms. The zero-order valence-electron chi connectivity index (χ0n) is 12.6. The van der Waals surface area contributed by atoms with Crippen molar-refractivity contribution in [2.24, 2.45) is 0 Å². The van der Waals surface area contributed by atoms with Gasteiger partial charge >= 0.3 is 0 Å². The van der Waals surface area contributed by atoms with Gasteiger partial charge in [-0.1, -0.05) is 6.42 Å². The summed E-state index contributed by atoms with van der Waals surface area (Å²) >= 11 is 5.39. The van der Waals surface area contributed by atoms with Gasteiger partial charge in [0.1, 0.15) is 0 Å². The summed E-state index contributed by atoms with van der Waals surface area (Å²) in [5.74, 6) is 1.08. The molecule has 1 aliphatic carbocycles. The smallest absolute Gasteiger partial charge is 0.225 e. The number of hydrogen-bond donors (Lipinski definition) is 1. The van der Waals surface area contributed by atoms with E-state index in [9.17, 15) is 0 Å². The molecule has 5 nitrogen and oxygen atoms in total. The fraction of sp³-hybridized carbons (Fsp3) is 0.867. The summed E-state index contributed by atoms with van der Waals surface area (Å²) in [5, 5.41) is 7.49. The Morgan fingerprint density at radius 2 is 1.62 bits per heavy atom. The summed E-state index contributed by atoms with van der Waals surface area (Å²) in [6.07, 6.45) is 9.25. The molecule has 1 aromatic rings. The van der Waals surface area contributed by atoms with Crippen molar-refractivity contribution >= 4 is 18.2 Å². The highest BCUT2D eigenvalue weighted by molar-refractivity contribution is 7.71. The Morgan fingerprint density at radius 1 is 0.905 bits per heavy atom. The molecule has 0 aromatic carbocycles. The zero-order chi connectivity index (χ0) is 14.2. The van der Waals surface area contributed by atoms with Gasteiger partial charge in [0, 0.05) is 25.2 Å². The lowest BCUT2D eigenvalue weighted by Gasteiger charge is -2.40. The second-order valence-corrected chi connectivity index (χ2v) is 7.13. The normalized spacial score (nSPS) is 25.4. The Balaban J connectivity index is 1.42. The molecule has 21 heavy (non-hydrogen) atoms. The van der Waals surface area contributed by atoms with Crippen LogP contribution in [-0.4, -0.2) is 51.9 Å². The van der Waals surface area contributed by atoms with Crippen LogP contribution in [0.5, 0.6) is 0 Å².